The van der Waals surface area contributed by atoms with Crippen LogP contribution in [0, 0.1) is 0 Å². The van der Waals surface area contributed by atoms with Gasteiger partial charge in [-0.15, -0.1) is 15.3 Å². The smallest absolute Gasteiger partial charge is 0.329 e. The van der Waals surface area contributed by atoms with E-state index in [-0.39, 0.29) is 22.8 Å². The molecule has 0 radical (unpaired) electrons. The molecule has 276 valence electrons. The zero-order valence-electron chi connectivity index (χ0n) is 27.6. The van der Waals surface area contributed by atoms with Gasteiger partial charge < -0.3 is 9.47 Å². The molecule has 0 saturated carbocycles. The largest absolute Gasteiger partial charge is 0.416 e. The maximum Gasteiger partial charge on any atom is 0.416 e. The van der Waals surface area contributed by atoms with Crippen molar-refractivity contribution >= 4 is 5.96 Å². The molecule has 1 atom stereocenters. The van der Waals surface area contributed by atoms with E-state index in [1.165, 1.54) is 13.1 Å². The van der Waals surface area contributed by atoms with Crippen LogP contribution in [-0.4, -0.2) is 79.8 Å². The second-order valence-corrected chi connectivity index (χ2v) is 12.2. The van der Waals surface area contributed by atoms with Gasteiger partial charge in [-0.1, -0.05) is 40.9 Å². The number of guanidine groups is 1. The van der Waals surface area contributed by atoms with Crippen LogP contribution in [0.1, 0.15) is 61.5 Å². The molecule has 2 aliphatic rings. The number of aromatic nitrogens is 3. The molecule has 0 spiro atoms. The number of nitrogens with one attached hydrogen (secondary N) is 1. The highest BCUT2D eigenvalue weighted by Gasteiger charge is 2.38. The second-order valence-electron chi connectivity index (χ2n) is 12.2. The highest BCUT2D eigenvalue weighted by molar-refractivity contribution is 5.79. The average Bonchev–Trinajstić information content (AvgIpc) is 3.60. The zero-order chi connectivity index (χ0) is 37.2. The number of alkyl halides is 9. The lowest BCUT2D eigenvalue weighted by Crippen LogP contribution is -2.45. The average molecular weight is 726 g/mol. The molecule has 1 saturated heterocycles. The van der Waals surface area contributed by atoms with Crippen LogP contribution in [0.4, 0.5) is 44.0 Å². The van der Waals surface area contributed by atoms with Crippen molar-refractivity contribution in [3.05, 3.63) is 82.5 Å². The summed E-state index contributed by atoms with van der Waals surface area (Å²) in [5.41, 5.74) is -1.88. The Kier molecular flexibility index (Phi) is 11.6. The van der Waals surface area contributed by atoms with Crippen LogP contribution in [0.2, 0.25) is 0 Å². The minimum atomic E-state index is -5.13. The zero-order valence-corrected chi connectivity index (χ0v) is 27.6. The van der Waals surface area contributed by atoms with Gasteiger partial charge in [0.1, 0.15) is 12.2 Å². The first-order valence-electron chi connectivity index (χ1n) is 15.5. The van der Waals surface area contributed by atoms with Crippen LogP contribution < -0.4 is 5.53 Å². The lowest BCUT2D eigenvalue weighted by Gasteiger charge is -2.39. The van der Waals surface area contributed by atoms with Crippen molar-refractivity contribution in [1.29, 1.82) is 0 Å². The van der Waals surface area contributed by atoms with Gasteiger partial charge in [0.05, 0.1) is 11.1 Å². The Balaban J connectivity index is 1.71. The highest BCUT2D eigenvalue weighted by Crippen LogP contribution is 2.37. The van der Waals surface area contributed by atoms with Crippen molar-refractivity contribution in [2.24, 2.45) is 12.1 Å². The SMILES string of the molecule is C=C(CN(Cc1cc(C(F)(F)F)cc(C(F)(F)F)c1)C1=NN(C)NN1F)/C(=C\C=C(/C)C(F)(F)F)C(CC)N1CCC(c2nncn2C)CC1. The fourth-order valence-electron chi connectivity index (χ4n) is 5.98. The van der Waals surface area contributed by atoms with E-state index in [0.29, 0.717) is 50.1 Å². The molecular weight excluding hydrogens is 688 g/mol. The first-order valence-corrected chi connectivity index (χ1v) is 15.5. The van der Waals surface area contributed by atoms with Crippen LogP contribution in [0.15, 0.2) is 65.1 Å². The fourth-order valence-corrected chi connectivity index (χ4v) is 5.98. The molecule has 0 bridgehead atoms. The summed E-state index contributed by atoms with van der Waals surface area (Å²) < 4.78 is 139. The molecule has 2 aromatic rings. The van der Waals surface area contributed by atoms with E-state index < -0.39 is 65.9 Å². The Morgan fingerprint density at radius 2 is 1.60 bits per heavy atom. The Labute approximate surface area is 282 Å². The van der Waals surface area contributed by atoms with Crippen molar-refractivity contribution in [3.8, 4) is 0 Å². The Morgan fingerprint density at radius 1 is 1.00 bits per heavy atom. The summed E-state index contributed by atoms with van der Waals surface area (Å²) in [6.07, 6.45) is -9.45. The van der Waals surface area contributed by atoms with Gasteiger partial charge in [-0.05, 0) is 74.2 Å². The standard InChI is InChI=1S/C31H37F10N9/c1-6-26(48-11-9-22(10-12-48)27-43-42-18-46(27)4)25(8-7-20(3)29(32,33)34)19(2)16-49(28-44-47(5)45-50(28)41)17-21-13-23(30(35,36)37)15-24(14-21)31(38,39)40/h7-8,13-15,18,22,26,45H,2,6,9-12,16-17H2,1,3-5H3/b20-7+,25-8+. The van der Waals surface area contributed by atoms with E-state index in [1.54, 1.807) is 6.33 Å². The number of hydrogen-bond donors (Lipinski definition) is 1. The molecule has 50 heavy (non-hydrogen) atoms. The number of benzene rings is 1. The molecule has 1 aromatic carbocycles. The second kappa shape index (κ2) is 15.0. The third-order valence-corrected chi connectivity index (χ3v) is 8.53. The molecule has 1 fully saturated rings. The van der Waals surface area contributed by atoms with Gasteiger partial charge in [0, 0.05) is 44.7 Å². The van der Waals surface area contributed by atoms with E-state index in [0.717, 1.165) is 28.8 Å². The minimum Gasteiger partial charge on any atom is -0.329 e. The topological polar surface area (TPSA) is 68.1 Å². The predicted molar refractivity (Wildman–Crippen MR) is 164 cm³/mol. The molecule has 1 aromatic heterocycles. The fraction of sp³-hybridized carbons (Fsp3) is 0.516. The van der Waals surface area contributed by atoms with Crippen LogP contribution in [-0.2, 0) is 25.9 Å². The number of hydrazine groups is 2. The third kappa shape index (κ3) is 9.35. The molecule has 9 nitrogen and oxygen atoms in total. The molecule has 0 aliphatic carbocycles. The normalized spacial score (nSPS) is 18.2. The lowest BCUT2D eigenvalue weighted by molar-refractivity contribution is -0.143. The number of piperidine rings is 1. The van der Waals surface area contributed by atoms with Gasteiger partial charge in [-0.25, -0.2) is 5.12 Å². The quantitative estimate of drug-likeness (QED) is 0.159. The molecule has 4 rings (SSSR count). The molecular formula is C31H37F10N9. The van der Waals surface area contributed by atoms with Gasteiger partial charge in [0.2, 0.25) is 0 Å². The van der Waals surface area contributed by atoms with E-state index in [9.17, 15) is 39.5 Å². The van der Waals surface area contributed by atoms with Gasteiger partial charge in [0.25, 0.3) is 5.96 Å². The summed E-state index contributed by atoms with van der Waals surface area (Å²) in [6, 6.07) is 0.511. The molecule has 3 heterocycles. The maximum absolute atomic E-state index is 15.0. The maximum atomic E-state index is 15.0. The monoisotopic (exact) mass is 725 g/mol. The van der Waals surface area contributed by atoms with Crippen LogP contribution in [0.25, 0.3) is 0 Å². The number of hydrogen-bond acceptors (Lipinski definition) is 8. The number of halogens is 10. The van der Waals surface area contributed by atoms with E-state index >= 15 is 4.48 Å². The Morgan fingerprint density at radius 3 is 2.06 bits per heavy atom. The van der Waals surface area contributed by atoms with Crippen molar-refractivity contribution in [2.45, 2.75) is 70.1 Å². The van der Waals surface area contributed by atoms with Gasteiger partial charge in [-0.3, -0.25) is 4.90 Å². The summed E-state index contributed by atoms with van der Waals surface area (Å²) in [6.45, 7) is 6.71. The third-order valence-electron chi connectivity index (χ3n) is 8.53. The number of rotatable bonds is 10. The highest BCUT2D eigenvalue weighted by atomic mass is 19.4. The predicted octanol–water partition coefficient (Wildman–Crippen LogP) is 7.13. The van der Waals surface area contributed by atoms with Gasteiger partial charge in [-0.2, -0.15) is 39.5 Å². The van der Waals surface area contributed by atoms with Crippen molar-refractivity contribution in [3.63, 3.8) is 0 Å². The summed E-state index contributed by atoms with van der Waals surface area (Å²) in [4.78, 5) is 3.12. The first kappa shape index (κ1) is 38.7. The summed E-state index contributed by atoms with van der Waals surface area (Å²) in [5.74, 6) is 0.356. The van der Waals surface area contributed by atoms with Crippen LogP contribution in [0.5, 0.6) is 0 Å². The summed E-state index contributed by atoms with van der Waals surface area (Å²) in [5, 5.41) is 12.9. The van der Waals surface area contributed by atoms with Gasteiger partial charge >= 0.3 is 18.5 Å². The first-order chi connectivity index (χ1) is 23.2. The van der Waals surface area contributed by atoms with Gasteiger partial charge in [0.15, 0.2) is 0 Å². The van der Waals surface area contributed by atoms with Crippen molar-refractivity contribution in [1.82, 2.24) is 40.4 Å². The summed E-state index contributed by atoms with van der Waals surface area (Å²) >= 11 is 0. The number of allylic oxidation sites excluding steroid dienone is 3. The van der Waals surface area contributed by atoms with Crippen LogP contribution >= 0.6 is 0 Å². The summed E-state index contributed by atoms with van der Waals surface area (Å²) in [7, 11) is 3.12. The molecule has 1 N–H and O–H groups in total. The van der Waals surface area contributed by atoms with Crippen LogP contribution in [0.3, 0.4) is 0 Å². The number of likely N-dealkylation sites (tertiary alicyclic amines) is 1. The molecule has 19 heteroatoms. The van der Waals surface area contributed by atoms with E-state index in [4.69, 9.17) is 0 Å². The Bertz CT molecular complexity index is 1570. The number of hydrazone groups is 1. The Hall–Kier alpha value is -4.13. The van der Waals surface area contributed by atoms with Crippen molar-refractivity contribution in [2.75, 3.05) is 26.7 Å². The van der Waals surface area contributed by atoms with E-state index in [2.05, 4.69) is 32.3 Å². The molecule has 1 unspecified atom stereocenters. The van der Waals surface area contributed by atoms with E-state index in [1.807, 2.05) is 18.5 Å². The number of aryl methyl sites for hydroxylation is 1. The molecule has 2 aliphatic heterocycles. The molecule has 0 amide bonds. The van der Waals surface area contributed by atoms with Crippen molar-refractivity contribution < 1.29 is 44.0 Å². The lowest BCUT2D eigenvalue weighted by atomic mass is 9.90. The minimum absolute atomic E-state index is 0.0216. The number of nitrogens with zero attached hydrogens (tertiary/aromatic N) is 8.